The third-order valence-electron chi connectivity index (χ3n) is 3.64. The van der Waals surface area contributed by atoms with E-state index in [9.17, 15) is 4.39 Å². The molecule has 0 aliphatic carbocycles. The predicted octanol–water partition coefficient (Wildman–Crippen LogP) is 6.03. The van der Waals surface area contributed by atoms with Crippen LogP contribution in [0.25, 0.3) is 11.1 Å². The van der Waals surface area contributed by atoms with Gasteiger partial charge in [-0.25, -0.2) is 4.39 Å². The minimum absolute atomic E-state index is 0.127. The lowest BCUT2D eigenvalue weighted by Crippen LogP contribution is -1.95. The first-order chi connectivity index (χ1) is 11.1. The summed E-state index contributed by atoms with van der Waals surface area (Å²) in [6, 6.07) is 20.5. The minimum atomic E-state index is -0.400. The van der Waals surface area contributed by atoms with Gasteiger partial charge in [-0.1, -0.05) is 65.7 Å². The molecule has 0 aromatic heterocycles. The number of hydrogen-bond acceptors (Lipinski definition) is 1. The fourth-order valence-corrected chi connectivity index (χ4v) is 2.48. The second-order valence-electron chi connectivity index (χ2n) is 5.40. The van der Waals surface area contributed by atoms with Crippen molar-refractivity contribution in [1.82, 2.24) is 0 Å². The number of ether oxygens (including phenoxy) is 1. The molecule has 3 rings (SSSR count). The fraction of sp³-hybridized carbons (Fsp3) is 0.100. The zero-order valence-electron chi connectivity index (χ0n) is 12.7. The van der Waals surface area contributed by atoms with Gasteiger partial charge in [0.25, 0.3) is 0 Å². The van der Waals surface area contributed by atoms with E-state index in [0.29, 0.717) is 12.2 Å². The zero-order valence-corrected chi connectivity index (χ0v) is 13.5. The standard InChI is InChI=1S/C20H16ClFO/c1-14-5-7-15(8-6-14)13-23-17-11-9-16(10-12-17)18-3-2-4-19(21)20(18)22/h2-12H,13H2,1H3. The van der Waals surface area contributed by atoms with E-state index in [1.807, 2.05) is 36.4 Å². The molecule has 1 nitrogen and oxygen atoms in total. The summed E-state index contributed by atoms with van der Waals surface area (Å²) in [5, 5.41) is 0.127. The van der Waals surface area contributed by atoms with Crippen LogP contribution in [0.2, 0.25) is 5.02 Å². The fourth-order valence-electron chi connectivity index (χ4n) is 2.31. The van der Waals surface area contributed by atoms with Crippen LogP contribution in [0.15, 0.2) is 66.7 Å². The highest BCUT2D eigenvalue weighted by molar-refractivity contribution is 6.31. The molecule has 0 unspecified atom stereocenters. The predicted molar refractivity (Wildman–Crippen MR) is 92.4 cm³/mol. The quantitative estimate of drug-likeness (QED) is 0.568. The van der Waals surface area contributed by atoms with Gasteiger partial charge in [-0.2, -0.15) is 0 Å². The Morgan fingerprint density at radius 3 is 2.30 bits per heavy atom. The van der Waals surface area contributed by atoms with Gasteiger partial charge in [0, 0.05) is 5.56 Å². The van der Waals surface area contributed by atoms with Crippen molar-refractivity contribution in [2.24, 2.45) is 0 Å². The number of aryl methyl sites for hydroxylation is 1. The highest BCUT2D eigenvalue weighted by Gasteiger charge is 2.08. The average molecular weight is 327 g/mol. The van der Waals surface area contributed by atoms with Crippen LogP contribution in [0.1, 0.15) is 11.1 Å². The van der Waals surface area contributed by atoms with Crippen LogP contribution in [0, 0.1) is 12.7 Å². The first kappa shape index (κ1) is 15.6. The molecular weight excluding hydrogens is 311 g/mol. The van der Waals surface area contributed by atoms with Crippen LogP contribution in [0.3, 0.4) is 0 Å². The highest BCUT2D eigenvalue weighted by atomic mass is 35.5. The van der Waals surface area contributed by atoms with Crippen molar-refractivity contribution in [3.05, 3.63) is 88.7 Å². The Labute approximate surface area is 140 Å². The summed E-state index contributed by atoms with van der Waals surface area (Å²) < 4.78 is 19.8. The maximum atomic E-state index is 14.0. The molecule has 0 saturated heterocycles. The molecule has 23 heavy (non-hydrogen) atoms. The van der Waals surface area contributed by atoms with E-state index in [2.05, 4.69) is 19.1 Å². The van der Waals surface area contributed by atoms with E-state index in [4.69, 9.17) is 16.3 Å². The average Bonchev–Trinajstić information content (AvgIpc) is 2.57. The summed E-state index contributed by atoms with van der Waals surface area (Å²) in [6.45, 7) is 2.56. The summed E-state index contributed by atoms with van der Waals surface area (Å²) in [5.41, 5.74) is 3.59. The maximum Gasteiger partial charge on any atom is 0.149 e. The van der Waals surface area contributed by atoms with E-state index in [-0.39, 0.29) is 5.02 Å². The van der Waals surface area contributed by atoms with Gasteiger partial charge in [-0.05, 0) is 36.2 Å². The Hall–Kier alpha value is -2.32. The molecule has 116 valence electrons. The topological polar surface area (TPSA) is 9.23 Å². The van der Waals surface area contributed by atoms with Crippen molar-refractivity contribution in [2.45, 2.75) is 13.5 Å². The van der Waals surface area contributed by atoms with Crippen molar-refractivity contribution in [3.63, 3.8) is 0 Å². The van der Waals surface area contributed by atoms with E-state index in [1.165, 1.54) is 5.56 Å². The first-order valence-corrected chi connectivity index (χ1v) is 7.74. The summed E-state index contributed by atoms with van der Waals surface area (Å²) in [5.74, 6) is 0.347. The molecule has 3 heteroatoms. The molecule has 0 spiro atoms. The summed E-state index contributed by atoms with van der Waals surface area (Å²) in [4.78, 5) is 0. The minimum Gasteiger partial charge on any atom is -0.489 e. The van der Waals surface area contributed by atoms with Crippen molar-refractivity contribution >= 4 is 11.6 Å². The van der Waals surface area contributed by atoms with Gasteiger partial charge in [-0.3, -0.25) is 0 Å². The van der Waals surface area contributed by atoms with Crippen LogP contribution in [-0.2, 0) is 6.61 Å². The molecule has 0 aliphatic heterocycles. The molecule has 3 aromatic carbocycles. The number of halogens is 2. The molecule has 0 bridgehead atoms. The molecule has 0 aliphatic rings. The number of hydrogen-bond donors (Lipinski definition) is 0. The summed E-state index contributed by atoms with van der Waals surface area (Å²) in [6.07, 6.45) is 0. The van der Waals surface area contributed by atoms with Gasteiger partial charge in [0.15, 0.2) is 0 Å². The molecule has 0 radical (unpaired) electrons. The SMILES string of the molecule is Cc1ccc(COc2ccc(-c3cccc(Cl)c3F)cc2)cc1. The van der Waals surface area contributed by atoms with Gasteiger partial charge in [-0.15, -0.1) is 0 Å². The van der Waals surface area contributed by atoms with Gasteiger partial charge >= 0.3 is 0 Å². The van der Waals surface area contributed by atoms with Crippen LogP contribution in [0.5, 0.6) is 5.75 Å². The molecule has 0 atom stereocenters. The number of rotatable bonds is 4. The lowest BCUT2D eigenvalue weighted by atomic mass is 10.1. The molecule has 0 fully saturated rings. The monoisotopic (exact) mass is 326 g/mol. The van der Waals surface area contributed by atoms with E-state index >= 15 is 0 Å². The van der Waals surface area contributed by atoms with Crippen LogP contribution in [0.4, 0.5) is 4.39 Å². The Morgan fingerprint density at radius 1 is 0.913 bits per heavy atom. The van der Waals surface area contributed by atoms with Crippen LogP contribution in [-0.4, -0.2) is 0 Å². The van der Waals surface area contributed by atoms with Gasteiger partial charge in [0.1, 0.15) is 18.2 Å². The van der Waals surface area contributed by atoms with Crippen LogP contribution >= 0.6 is 11.6 Å². The second kappa shape index (κ2) is 6.84. The van der Waals surface area contributed by atoms with Crippen molar-refractivity contribution in [1.29, 1.82) is 0 Å². The van der Waals surface area contributed by atoms with E-state index in [0.717, 1.165) is 16.9 Å². The lowest BCUT2D eigenvalue weighted by Gasteiger charge is -2.09. The van der Waals surface area contributed by atoms with Gasteiger partial charge < -0.3 is 4.74 Å². The van der Waals surface area contributed by atoms with Gasteiger partial charge in [0.05, 0.1) is 5.02 Å². The first-order valence-electron chi connectivity index (χ1n) is 7.36. The summed E-state index contributed by atoms with van der Waals surface area (Å²) >= 11 is 5.82. The molecular formula is C20H16ClFO. The Kier molecular flexibility index (Phi) is 4.63. The Balaban J connectivity index is 1.72. The largest absolute Gasteiger partial charge is 0.489 e. The third kappa shape index (κ3) is 3.72. The van der Waals surface area contributed by atoms with Crippen molar-refractivity contribution in [2.75, 3.05) is 0 Å². The molecule has 0 heterocycles. The smallest absolute Gasteiger partial charge is 0.149 e. The Morgan fingerprint density at radius 2 is 1.61 bits per heavy atom. The molecule has 3 aromatic rings. The molecule has 0 N–H and O–H groups in total. The van der Waals surface area contributed by atoms with E-state index < -0.39 is 5.82 Å². The second-order valence-corrected chi connectivity index (χ2v) is 5.81. The van der Waals surface area contributed by atoms with Crippen molar-refractivity contribution < 1.29 is 9.13 Å². The number of benzene rings is 3. The zero-order chi connectivity index (χ0) is 16.2. The highest BCUT2D eigenvalue weighted by Crippen LogP contribution is 2.28. The van der Waals surface area contributed by atoms with Gasteiger partial charge in [0.2, 0.25) is 0 Å². The van der Waals surface area contributed by atoms with Crippen LogP contribution < -0.4 is 4.74 Å². The Bertz CT molecular complexity index is 795. The molecule has 0 amide bonds. The normalized spacial score (nSPS) is 10.6. The van der Waals surface area contributed by atoms with Crippen molar-refractivity contribution in [3.8, 4) is 16.9 Å². The van der Waals surface area contributed by atoms with E-state index in [1.54, 1.807) is 18.2 Å². The molecule has 0 saturated carbocycles. The lowest BCUT2D eigenvalue weighted by molar-refractivity contribution is 0.306. The maximum absolute atomic E-state index is 14.0. The summed E-state index contributed by atoms with van der Waals surface area (Å²) in [7, 11) is 0. The third-order valence-corrected chi connectivity index (χ3v) is 3.93.